The lowest BCUT2D eigenvalue weighted by atomic mass is 10.0. The minimum Gasteiger partial charge on any atom is -0.353 e. The van der Waals surface area contributed by atoms with Crippen LogP contribution in [-0.2, 0) is 4.79 Å². The Hall–Kier alpha value is -0.610. The highest BCUT2D eigenvalue weighted by Crippen LogP contribution is 2.01. The Balaban J connectivity index is 3.61. The van der Waals surface area contributed by atoms with Gasteiger partial charge in [0.05, 0.1) is 6.04 Å². The van der Waals surface area contributed by atoms with E-state index in [1.807, 2.05) is 13.8 Å². The molecule has 0 unspecified atom stereocenters. The third-order valence-electron chi connectivity index (χ3n) is 1.51. The molecule has 12 heavy (non-hydrogen) atoms. The molecular formula is C8H19N3O. The zero-order valence-corrected chi connectivity index (χ0v) is 7.84. The Kier molecular flexibility index (Phi) is 5.66. The third kappa shape index (κ3) is 5.09. The second kappa shape index (κ2) is 5.97. The summed E-state index contributed by atoms with van der Waals surface area (Å²) >= 11 is 0. The number of rotatable bonds is 5. The summed E-state index contributed by atoms with van der Waals surface area (Å²) in [6, 6.07) is -0.392. The van der Waals surface area contributed by atoms with Gasteiger partial charge in [0, 0.05) is 13.1 Å². The van der Waals surface area contributed by atoms with Crippen molar-refractivity contribution in [3.8, 4) is 0 Å². The van der Waals surface area contributed by atoms with Crippen LogP contribution in [0.3, 0.4) is 0 Å². The summed E-state index contributed by atoms with van der Waals surface area (Å²) in [5.41, 5.74) is 10.8. The van der Waals surface area contributed by atoms with Crippen molar-refractivity contribution in [3.63, 3.8) is 0 Å². The molecule has 0 aromatic heterocycles. The second-order valence-corrected chi connectivity index (χ2v) is 3.32. The van der Waals surface area contributed by atoms with Gasteiger partial charge < -0.3 is 16.8 Å². The standard InChI is InChI=1S/C8H19N3O/c1-6(2)5-7(10)8(12)11-4-3-9/h6-7H,3-5,9-10H2,1-2H3,(H,11,12)/t7-/m1/s1. The summed E-state index contributed by atoms with van der Waals surface area (Å²) < 4.78 is 0. The molecule has 0 spiro atoms. The maximum absolute atomic E-state index is 11.1. The van der Waals surface area contributed by atoms with Crippen LogP contribution in [0.5, 0.6) is 0 Å². The van der Waals surface area contributed by atoms with Gasteiger partial charge in [-0.25, -0.2) is 0 Å². The highest BCUT2D eigenvalue weighted by Gasteiger charge is 2.13. The molecule has 0 aliphatic rings. The van der Waals surface area contributed by atoms with Gasteiger partial charge in [-0.05, 0) is 12.3 Å². The van der Waals surface area contributed by atoms with Crippen LogP contribution >= 0.6 is 0 Å². The van der Waals surface area contributed by atoms with Crippen LogP contribution in [0.1, 0.15) is 20.3 Å². The average molecular weight is 173 g/mol. The topological polar surface area (TPSA) is 81.1 Å². The quantitative estimate of drug-likeness (QED) is 0.521. The third-order valence-corrected chi connectivity index (χ3v) is 1.51. The number of carbonyl (C=O) groups excluding carboxylic acids is 1. The Labute approximate surface area is 73.7 Å². The Morgan fingerprint density at radius 3 is 2.50 bits per heavy atom. The van der Waals surface area contributed by atoms with Gasteiger partial charge in [-0.3, -0.25) is 4.79 Å². The molecule has 0 bridgehead atoms. The first-order valence-corrected chi connectivity index (χ1v) is 4.31. The molecule has 0 aliphatic heterocycles. The van der Waals surface area contributed by atoms with Gasteiger partial charge in [0.15, 0.2) is 0 Å². The van der Waals surface area contributed by atoms with Crippen molar-refractivity contribution in [2.75, 3.05) is 13.1 Å². The van der Waals surface area contributed by atoms with Crippen LogP contribution in [0.2, 0.25) is 0 Å². The Morgan fingerprint density at radius 1 is 1.50 bits per heavy atom. The maximum atomic E-state index is 11.1. The summed E-state index contributed by atoms with van der Waals surface area (Å²) in [5.74, 6) is 0.345. The van der Waals surface area contributed by atoms with Crippen molar-refractivity contribution in [2.24, 2.45) is 17.4 Å². The maximum Gasteiger partial charge on any atom is 0.236 e. The predicted octanol–water partition coefficient (Wildman–Crippen LogP) is -0.565. The number of amides is 1. The second-order valence-electron chi connectivity index (χ2n) is 3.32. The molecule has 1 amide bonds. The molecule has 0 rings (SSSR count). The Bertz CT molecular complexity index is 136. The van der Waals surface area contributed by atoms with E-state index in [1.54, 1.807) is 0 Å². The molecule has 0 aromatic carbocycles. The summed E-state index contributed by atoms with van der Waals surface area (Å²) in [7, 11) is 0. The van der Waals surface area contributed by atoms with E-state index in [4.69, 9.17) is 11.5 Å². The van der Waals surface area contributed by atoms with Crippen LogP contribution < -0.4 is 16.8 Å². The average Bonchev–Trinajstić information content (AvgIpc) is 1.98. The van der Waals surface area contributed by atoms with Gasteiger partial charge in [0.25, 0.3) is 0 Å². The van der Waals surface area contributed by atoms with Crippen molar-refractivity contribution < 1.29 is 4.79 Å². The van der Waals surface area contributed by atoms with Crippen molar-refractivity contribution in [1.29, 1.82) is 0 Å². The van der Waals surface area contributed by atoms with Gasteiger partial charge in [-0.2, -0.15) is 0 Å². The van der Waals surface area contributed by atoms with Crippen molar-refractivity contribution in [2.45, 2.75) is 26.3 Å². The van der Waals surface area contributed by atoms with E-state index in [9.17, 15) is 4.79 Å². The Morgan fingerprint density at radius 2 is 2.08 bits per heavy atom. The fraction of sp³-hybridized carbons (Fsp3) is 0.875. The van der Waals surface area contributed by atoms with Crippen molar-refractivity contribution in [1.82, 2.24) is 5.32 Å². The highest BCUT2D eigenvalue weighted by atomic mass is 16.2. The first-order chi connectivity index (χ1) is 5.57. The molecule has 1 atom stereocenters. The SMILES string of the molecule is CC(C)C[C@@H](N)C(=O)NCCN. The lowest BCUT2D eigenvalue weighted by Crippen LogP contribution is -2.43. The van der Waals surface area contributed by atoms with E-state index in [1.165, 1.54) is 0 Å². The van der Waals surface area contributed by atoms with Gasteiger partial charge in [-0.15, -0.1) is 0 Å². The fourth-order valence-electron chi connectivity index (χ4n) is 0.941. The van der Waals surface area contributed by atoms with Crippen LogP contribution in [0.15, 0.2) is 0 Å². The van der Waals surface area contributed by atoms with Crippen LogP contribution in [-0.4, -0.2) is 25.0 Å². The predicted molar refractivity (Wildman–Crippen MR) is 49.5 cm³/mol. The molecule has 4 nitrogen and oxygen atoms in total. The van der Waals surface area contributed by atoms with Gasteiger partial charge in [-0.1, -0.05) is 13.8 Å². The van der Waals surface area contributed by atoms with Crippen molar-refractivity contribution in [3.05, 3.63) is 0 Å². The summed E-state index contributed by atoms with van der Waals surface area (Å²) in [6.07, 6.45) is 0.719. The number of carbonyl (C=O) groups is 1. The van der Waals surface area contributed by atoms with E-state index in [-0.39, 0.29) is 5.91 Å². The largest absolute Gasteiger partial charge is 0.353 e. The molecule has 0 fully saturated rings. The summed E-state index contributed by atoms with van der Waals surface area (Å²) in [6.45, 7) is 5.04. The van der Waals surface area contributed by atoms with Crippen LogP contribution in [0, 0.1) is 5.92 Å². The molecule has 72 valence electrons. The van der Waals surface area contributed by atoms with Gasteiger partial charge in [0.1, 0.15) is 0 Å². The minimum absolute atomic E-state index is 0.103. The molecular weight excluding hydrogens is 154 g/mol. The van der Waals surface area contributed by atoms with E-state index >= 15 is 0 Å². The van der Waals surface area contributed by atoms with Gasteiger partial charge in [0.2, 0.25) is 5.91 Å². The number of nitrogens with one attached hydrogen (secondary N) is 1. The lowest BCUT2D eigenvalue weighted by molar-refractivity contribution is -0.122. The summed E-state index contributed by atoms with van der Waals surface area (Å²) in [5, 5.41) is 2.65. The highest BCUT2D eigenvalue weighted by molar-refractivity contribution is 5.81. The van der Waals surface area contributed by atoms with Gasteiger partial charge >= 0.3 is 0 Å². The first kappa shape index (κ1) is 11.4. The molecule has 0 aromatic rings. The molecule has 0 aliphatic carbocycles. The lowest BCUT2D eigenvalue weighted by Gasteiger charge is -2.13. The number of hydrogen-bond donors (Lipinski definition) is 3. The normalized spacial score (nSPS) is 13.1. The minimum atomic E-state index is -0.392. The van der Waals surface area contributed by atoms with E-state index in [2.05, 4.69) is 5.32 Å². The zero-order chi connectivity index (χ0) is 9.56. The zero-order valence-electron chi connectivity index (χ0n) is 7.84. The molecule has 4 heteroatoms. The van der Waals surface area contributed by atoms with Crippen molar-refractivity contribution >= 4 is 5.91 Å². The van der Waals surface area contributed by atoms with E-state index in [0.29, 0.717) is 19.0 Å². The molecule has 5 N–H and O–H groups in total. The number of hydrogen-bond acceptors (Lipinski definition) is 3. The fourth-order valence-corrected chi connectivity index (χ4v) is 0.941. The molecule has 0 radical (unpaired) electrons. The molecule has 0 saturated heterocycles. The summed E-state index contributed by atoms with van der Waals surface area (Å²) in [4.78, 5) is 11.1. The van der Waals surface area contributed by atoms with Crippen LogP contribution in [0.25, 0.3) is 0 Å². The molecule has 0 saturated carbocycles. The number of nitrogens with two attached hydrogens (primary N) is 2. The smallest absolute Gasteiger partial charge is 0.236 e. The molecule has 0 heterocycles. The van der Waals surface area contributed by atoms with Crippen LogP contribution in [0.4, 0.5) is 0 Å². The van der Waals surface area contributed by atoms with E-state index < -0.39 is 6.04 Å². The first-order valence-electron chi connectivity index (χ1n) is 4.31. The van der Waals surface area contributed by atoms with E-state index in [0.717, 1.165) is 6.42 Å². The monoisotopic (exact) mass is 173 g/mol.